The van der Waals surface area contributed by atoms with Gasteiger partial charge in [-0.05, 0) is 12.1 Å². The Bertz CT molecular complexity index is 82.4. The van der Waals surface area contributed by atoms with Crippen LogP contribution in [0.1, 0.15) is 0 Å². The molecule has 1 rings (SSSR count). The van der Waals surface area contributed by atoms with E-state index < -0.39 is 0 Å². The first-order valence-electron chi connectivity index (χ1n) is 1.85. The Morgan fingerprint density at radius 2 is 1.25 bits per heavy atom. The highest BCUT2D eigenvalue weighted by Crippen LogP contribution is 1.73. The average molecular weight is 335 g/mol. The molecule has 0 N–H and O–H groups in total. The lowest BCUT2D eigenvalue weighted by Gasteiger charge is -1.70. The van der Waals surface area contributed by atoms with E-state index in [0.717, 1.165) is 0 Å². The topological polar surface area (TPSA) is 12.9 Å². The van der Waals surface area contributed by atoms with E-state index in [1.807, 2.05) is 18.2 Å². The van der Waals surface area contributed by atoms with Gasteiger partial charge >= 0.3 is 0 Å². The Hall–Kier alpha value is 0.610. The van der Waals surface area contributed by atoms with Gasteiger partial charge in [0.25, 0.3) is 0 Å². The molecule has 0 aliphatic rings. The number of hydrogen-bond acceptors (Lipinski definition) is 1. The Morgan fingerprint density at radius 3 is 1.38 bits per heavy atom. The summed E-state index contributed by atoms with van der Waals surface area (Å²) in [7, 11) is 0. The highest BCUT2D eigenvalue weighted by Gasteiger charge is 1.58. The van der Waals surface area contributed by atoms with Crippen molar-refractivity contribution in [3.63, 3.8) is 0 Å². The monoisotopic (exact) mass is 335 g/mol. The summed E-state index contributed by atoms with van der Waals surface area (Å²) in [6.07, 6.45) is 3.50. The first kappa shape index (κ1) is 11.4. The third kappa shape index (κ3) is 4.76. The molecule has 0 unspecified atom stereocenters. The fraction of sp³-hybridized carbons (Fsp3) is 0. The Labute approximate surface area is 82.9 Å². The third-order valence-corrected chi connectivity index (χ3v) is 0.566. The minimum atomic E-state index is 0. The number of hydrogen-bond donors (Lipinski definition) is 0. The maximum absolute atomic E-state index is 3.78. The van der Waals surface area contributed by atoms with Crippen molar-refractivity contribution in [1.29, 1.82) is 0 Å². The Balaban J connectivity index is 0. The number of nitrogens with zero attached hydrogens (tertiary/aromatic N) is 1. The summed E-state index contributed by atoms with van der Waals surface area (Å²) in [6.45, 7) is 0. The number of rotatable bonds is 0. The van der Waals surface area contributed by atoms with Crippen LogP contribution in [0.3, 0.4) is 0 Å². The molecule has 46 valence electrons. The van der Waals surface area contributed by atoms with E-state index in [1.165, 1.54) is 0 Å². The summed E-state index contributed by atoms with van der Waals surface area (Å²) in [5.74, 6) is 0. The highest BCUT2D eigenvalue weighted by atomic mass is 127. The smallest absolute Gasteiger partial charge is 0.0267 e. The van der Waals surface area contributed by atoms with Crippen molar-refractivity contribution in [1.82, 2.24) is 4.98 Å². The molecule has 0 amide bonds. The van der Waals surface area contributed by atoms with Gasteiger partial charge in [-0.3, -0.25) is 4.98 Å². The molecule has 0 saturated heterocycles. The summed E-state index contributed by atoms with van der Waals surface area (Å²) in [4.78, 5) is 3.78. The van der Waals surface area contributed by atoms with Gasteiger partial charge in [0.1, 0.15) is 0 Å². The molecule has 0 bridgehead atoms. The Morgan fingerprint density at radius 1 is 0.750 bits per heavy atom. The van der Waals surface area contributed by atoms with Gasteiger partial charge in [0.15, 0.2) is 0 Å². The highest BCUT2D eigenvalue weighted by molar-refractivity contribution is 14.0. The first-order chi connectivity index (χ1) is 3.00. The van der Waals surface area contributed by atoms with Crippen molar-refractivity contribution in [3.05, 3.63) is 30.6 Å². The van der Waals surface area contributed by atoms with E-state index in [0.29, 0.717) is 0 Å². The molecule has 0 aliphatic heterocycles. The predicted molar refractivity (Wildman–Crippen MR) is 55.1 cm³/mol. The van der Waals surface area contributed by atoms with Gasteiger partial charge in [-0.25, -0.2) is 0 Å². The van der Waals surface area contributed by atoms with Crippen molar-refractivity contribution < 1.29 is 0 Å². The van der Waals surface area contributed by atoms with Crippen molar-refractivity contribution in [3.8, 4) is 0 Å². The number of aromatic nitrogens is 1. The van der Waals surface area contributed by atoms with E-state index in [4.69, 9.17) is 0 Å². The summed E-state index contributed by atoms with van der Waals surface area (Å²) in [5.41, 5.74) is 0. The molecule has 0 atom stereocenters. The molecule has 1 heterocycles. The molecule has 1 nitrogen and oxygen atoms in total. The SMILES string of the molecule is I.I.c1ccncc1. The molecule has 0 saturated carbocycles. The van der Waals surface area contributed by atoms with Gasteiger partial charge < -0.3 is 0 Å². The van der Waals surface area contributed by atoms with Crippen LogP contribution in [0.5, 0.6) is 0 Å². The molecule has 0 aromatic carbocycles. The number of pyridine rings is 1. The van der Waals surface area contributed by atoms with Gasteiger partial charge in [0, 0.05) is 12.4 Å². The quantitative estimate of drug-likeness (QED) is 0.664. The predicted octanol–water partition coefficient (Wildman–Crippen LogP) is 2.32. The summed E-state index contributed by atoms with van der Waals surface area (Å²) in [6, 6.07) is 5.72. The first-order valence-corrected chi connectivity index (χ1v) is 1.85. The Kier molecular flexibility index (Phi) is 10.9. The molecule has 0 fully saturated rings. The van der Waals surface area contributed by atoms with E-state index in [2.05, 4.69) is 4.98 Å². The summed E-state index contributed by atoms with van der Waals surface area (Å²) in [5, 5.41) is 0. The second kappa shape index (κ2) is 7.61. The maximum atomic E-state index is 3.78. The van der Waals surface area contributed by atoms with E-state index in [1.54, 1.807) is 12.4 Å². The third-order valence-electron chi connectivity index (χ3n) is 0.566. The summed E-state index contributed by atoms with van der Waals surface area (Å²) >= 11 is 0. The fourth-order valence-electron chi connectivity index (χ4n) is 0.313. The van der Waals surface area contributed by atoms with Crippen LogP contribution in [0.15, 0.2) is 30.6 Å². The van der Waals surface area contributed by atoms with Crippen LogP contribution in [0, 0.1) is 0 Å². The normalized spacial score (nSPS) is 6.00. The van der Waals surface area contributed by atoms with Crippen LogP contribution >= 0.6 is 48.0 Å². The average Bonchev–Trinajstić information content (AvgIpc) is 1.72. The molecular weight excluding hydrogens is 328 g/mol. The van der Waals surface area contributed by atoms with Gasteiger partial charge in [0.05, 0.1) is 0 Å². The van der Waals surface area contributed by atoms with Crippen LogP contribution in [-0.2, 0) is 0 Å². The van der Waals surface area contributed by atoms with E-state index >= 15 is 0 Å². The molecule has 1 aromatic rings. The lowest BCUT2D eigenvalue weighted by atomic mass is 10.5. The zero-order valence-electron chi connectivity index (χ0n) is 4.15. The van der Waals surface area contributed by atoms with Gasteiger partial charge in [-0.1, -0.05) is 6.07 Å². The minimum Gasteiger partial charge on any atom is -0.265 e. The molecule has 3 heteroatoms. The summed E-state index contributed by atoms with van der Waals surface area (Å²) < 4.78 is 0. The van der Waals surface area contributed by atoms with Crippen LogP contribution in [-0.4, -0.2) is 4.98 Å². The molecule has 0 spiro atoms. The van der Waals surface area contributed by atoms with Gasteiger partial charge in [0.2, 0.25) is 0 Å². The number of halogens is 2. The standard InChI is InChI=1S/C5H5N.2HI/c1-2-4-6-5-3-1;;/h1-5H;2*1H. The maximum Gasteiger partial charge on any atom is 0.0267 e. The zero-order valence-corrected chi connectivity index (χ0v) is 8.81. The van der Waals surface area contributed by atoms with Crippen LogP contribution in [0.2, 0.25) is 0 Å². The second-order valence-electron chi connectivity index (χ2n) is 1.02. The van der Waals surface area contributed by atoms with E-state index in [-0.39, 0.29) is 48.0 Å². The van der Waals surface area contributed by atoms with Crippen molar-refractivity contribution >= 4 is 48.0 Å². The zero-order chi connectivity index (χ0) is 4.24. The van der Waals surface area contributed by atoms with Crippen molar-refractivity contribution in [2.45, 2.75) is 0 Å². The van der Waals surface area contributed by atoms with Gasteiger partial charge in [-0.2, -0.15) is 0 Å². The molecule has 1 aromatic heterocycles. The van der Waals surface area contributed by atoms with Crippen LogP contribution in [0.4, 0.5) is 0 Å². The lowest BCUT2D eigenvalue weighted by molar-refractivity contribution is 1.33. The van der Waals surface area contributed by atoms with Gasteiger partial charge in [-0.15, -0.1) is 48.0 Å². The lowest BCUT2D eigenvalue weighted by Crippen LogP contribution is -1.58. The van der Waals surface area contributed by atoms with Crippen LogP contribution < -0.4 is 0 Å². The van der Waals surface area contributed by atoms with Crippen molar-refractivity contribution in [2.75, 3.05) is 0 Å². The fourth-order valence-corrected chi connectivity index (χ4v) is 0.313. The van der Waals surface area contributed by atoms with E-state index in [9.17, 15) is 0 Å². The second-order valence-corrected chi connectivity index (χ2v) is 1.02. The van der Waals surface area contributed by atoms with Crippen molar-refractivity contribution in [2.24, 2.45) is 0 Å². The minimum absolute atomic E-state index is 0. The molecular formula is C5H7I2N. The van der Waals surface area contributed by atoms with Crippen LogP contribution in [0.25, 0.3) is 0 Å². The largest absolute Gasteiger partial charge is 0.265 e. The molecule has 0 radical (unpaired) electrons. The molecule has 0 aliphatic carbocycles. The molecule has 8 heavy (non-hydrogen) atoms.